The van der Waals surface area contributed by atoms with Crippen molar-refractivity contribution in [1.82, 2.24) is 15.8 Å². The van der Waals surface area contributed by atoms with Crippen LogP contribution in [0.4, 0.5) is 4.39 Å². The molecule has 0 radical (unpaired) electrons. The molecule has 1 heterocycles. The van der Waals surface area contributed by atoms with Crippen molar-refractivity contribution in [2.45, 2.75) is 30.3 Å². The van der Waals surface area contributed by atoms with Crippen LogP contribution in [0.3, 0.4) is 0 Å². The zero-order valence-electron chi connectivity index (χ0n) is 15.7. The molecule has 0 unspecified atom stereocenters. The Bertz CT molecular complexity index is 1160. The molecule has 154 valence electrons. The first-order valence-corrected chi connectivity index (χ1v) is 9.81. The highest BCUT2D eigenvalue weighted by Gasteiger charge is 2.69. The van der Waals surface area contributed by atoms with Crippen molar-refractivity contribution >= 4 is 34.4 Å². The average Bonchev–Trinajstić information content (AvgIpc) is 3.10. The van der Waals surface area contributed by atoms with E-state index in [1.807, 2.05) is 12.1 Å². The van der Waals surface area contributed by atoms with Gasteiger partial charge in [0.15, 0.2) is 17.9 Å². The molecular weight excluding hydrogens is 413 g/mol. The van der Waals surface area contributed by atoms with E-state index < -0.39 is 5.82 Å². The van der Waals surface area contributed by atoms with Gasteiger partial charge in [0.25, 0.3) is 11.8 Å². The highest BCUT2D eigenvalue weighted by Crippen LogP contribution is 2.60. The number of ether oxygens (including phenoxy) is 1. The minimum atomic E-state index is -0.605. The van der Waals surface area contributed by atoms with Crippen LogP contribution in [0.5, 0.6) is 5.75 Å². The molecule has 7 nitrogen and oxygen atoms in total. The molecule has 1 aromatic heterocycles. The minimum Gasteiger partial charge on any atom is -0.484 e. The molecule has 3 aliphatic carbocycles. The second-order valence-corrected chi connectivity index (χ2v) is 8.39. The van der Waals surface area contributed by atoms with Gasteiger partial charge in [-0.25, -0.2) is 4.39 Å². The van der Waals surface area contributed by atoms with E-state index in [-0.39, 0.29) is 46.0 Å². The summed E-state index contributed by atoms with van der Waals surface area (Å²) < 4.78 is 23.9. The van der Waals surface area contributed by atoms with Crippen LogP contribution in [-0.4, -0.2) is 34.7 Å². The van der Waals surface area contributed by atoms with Gasteiger partial charge in [0.2, 0.25) is 0 Å². The molecule has 6 rings (SSSR count). The third-order valence-electron chi connectivity index (χ3n) is 5.67. The van der Waals surface area contributed by atoms with Gasteiger partial charge in [0, 0.05) is 17.1 Å². The Morgan fingerprint density at radius 3 is 2.63 bits per heavy atom. The van der Waals surface area contributed by atoms with Crippen molar-refractivity contribution in [1.29, 1.82) is 0 Å². The van der Waals surface area contributed by atoms with Gasteiger partial charge in [-0.1, -0.05) is 28.9 Å². The average molecular weight is 430 g/mol. The molecule has 2 bridgehead atoms. The van der Waals surface area contributed by atoms with Gasteiger partial charge in [-0.05, 0) is 43.5 Å². The molecule has 30 heavy (non-hydrogen) atoms. The molecule has 2 amide bonds. The number of carbonyl (C=O) groups excluding carboxylic acids is 2. The standard InChI is InChI=1S/C21H17ClFN3O4/c22-14-6-5-12(7-15(14)23)29-8-17(27)24-20-9-21(10-20,11-20)25-19(28)18-13-3-1-2-4-16(13)30-26-18/h1-7H,8-11H2,(H,24,27)(H,25,28). The van der Waals surface area contributed by atoms with Crippen LogP contribution in [0.1, 0.15) is 29.8 Å². The summed E-state index contributed by atoms with van der Waals surface area (Å²) >= 11 is 5.62. The molecular formula is C21H17ClFN3O4. The first kappa shape index (κ1) is 18.9. The second kappa shape index (κ2) is 6.70. The Morgan fingerprint density at radius 2 is 1.87 bits per heavy atom. The zero-order valence-corrected chi connectivity index (χ0v) is 16.5. The molecule has 2 N–H and O–H groups in total. The number of amides is 2. The van der Waals surface area contributed by atoms with Gasteiger partial charge >= 0.3 is 0 Å². The SMILES string of the molecule is O=C(COc1ccc(Cl)c(F)c1)NC12CC(NC(=O)c3noc4ccccc34)(C1)C2. The number of rotatable bonds is 6. The van der Waals surface area contributed by atoms with Crippen LogP contribution in [0.15, 0.2) is 47.0 Å². The van der Waals surface area contributed by atoms with E-state index in [1.165, 1.54) is 12.1 Å². The van der Waals surface area contributed by atoms with E-state index >= 15 is 0 Å². The molecule has 2 aromatic carbocycles. The number of nitrogens with one attached hydrogen (secondary N) is 2. The van der Waals surface area contributed by atoms with Gasteiger partial charge in [0.05, 0.1) is 10.4 Å². The second-order valence-electron chi connectivity index (χ2n) is 7.99. The predicted octanol–water partition coefficient (Wildman–Crippen LogP) is 3.22. The van der Waals surface area contributed by atoms with Gasteiger partial charge < -0.3 is 19.9 Å². The number of fused-ring (bicyclic) bond motifs is 1. The number of halogens is 2. The largest absolute Gasteiger partial charge is 0.484 e. The number of benzene rings is 2. The smallest absolute Gasteiger partial charge is 0.274 e. The van der Waals surface area contributed by atoms with Crippen molar-refractivity contribution in [2.24, 2.45) is 0 Å². The summed E-state index contributed by atoms with van der Waals surface area (Å²) in [5.74, 6) is -0.958. The Balaban J connectivity index is 1.13. The van der Waals surface area contributed by atoms with E-state index in [4.69, 9.17) is 20.9 Å². The maximum atomic E-state index is 13.4. The summed E-state index contributed by atoms with van der Waals surface area (Å²) in [7, 11) is 0. The zero-order chi connectivity index (χ0) is 20.9. The topological polar surface area (TPSA) is 93.5 Å². The summed E-state index contributed by atoms with van der Waals surface area (Å²) in [6.45, 7) is -0.229. The Morgan fingerprint density at radius 1 is 1.13 bits per heavy atom. The van der Waals surface area contributed by atoms with Gasteiger partial charge in [-0.3, -0.25) is 9.59 Å². The molecule has 3 aromatic rings. The van der Waals surface area contributed by atoms with E-state index in [2.05, 4.69) is 15.8 Å². The van der Waals surface area contributed by atoms with Gasteiger partial charge in [0.1, 0.15) is 11.6 Å². The maximum Gasteiger partial charge on any atom is 0.274 e. The van der Waals surface area contributed by atoms with E-state index in [9.17, 15) is 14.0 Å². The lowest BCUT2D eigenvalue weighted by Crippen LogP contribution is -2.84. The van der Waals surface area contributed by atoms with Crippen LogP contribution in [0.25, 0.3) is 11.0 Å². The van der Waals surface area contributed by atoms with Crippen molar-refractivity contribution in [3.8, 4) is 5.75 Å². The van der Waals surface area contributed by atoms with E-state index in [1.54, 1.807) is 12.1 Å². The molecule has 0 aliphatic heterocycles. The van der Waals surface area contributed by atoms with Gasteiger partial charge in [-0.2, -0.15) is 0 Å². The number of para-hydroxylation sites is 1. The van der Waals surface area contributed by atoms with Gasteiger partial charge in [-0.15, -0.1) is 0 Å². The lowest BCUT2D eigenvalue weighted by molar-refractivity contribution is -0.141. The van der Waals surface area contributed by atoms with E-state index in [0.717, 1.165) is 6.07 Å². The quantitative estimate of drug-likeness (QED) is 0.627. The van der Waals surface area contributed by atoms with Crippen molar-refractivity contribution in [3.63, 3.8) is 0 Å². The molecule has 3 fully saturated rings. The summed E-state index contributed by atoms with van der Waals surface area (Å²) in [6.07, 6.45) is 1.93. The number of hydrogen-bond donors (Lipinski definition) is 2. The summed E-state index contributed by atoms with van der Waals surface area (Å²) in [4.78, 5) is 24.8. The summed E-state index contributed by atoms with van der Waals surface area (Å²) in [6, 6.07) is 11.2. The third-order valence-corrected chi connectivity index (χ3v) is 5.97. The lowest BCUT2D eigenvalue weighted by atomic mass is 9.44. The Hall–Kier alpha value is -3.13. The number of carbonyl (C=O) groups is 2. The first-order chi connectivity index (χ1) is 14.4. The predicted molar refractivity (Wildman–Crippen MR) is 106 cm³/mol. The molecule has 9 heteroatoms. The summed E-state index contributed by atoms with van der Waals surface area (Å²) in [5, 5.41) is 10.5. The lowest BCUT2D eigenvalue weighted by Gasteiger charge is -2.70. The molecule has 3 saturated carbocycles. The Kier molecular flexibility index (Phi) is 4.21. The Labute approximate surface area is 175 Å². The number of hydrogen-bond acceptors (Lipinski definition) is 5. The highest BCUT2D eigenvalue weighted by atomic mass is 35.5. The highest BCUT2D eigenvalue weighted by molar-refractivity contribution is 6.30. The molecule has 0 atom stereocenters. The fraction of sp³-hybridized carbons (Fsp3) is 0.286. The minimum absolute atomic E-state index is 0.00775. The first-order valence-electron chi connectivity index (χ1n) is 9.43. The van der Waals surface area contributed by atoms with Crippen molar-refractivity contribution < 1.29 is 23.2 Å². The molecule has 3 aliphatic rings. The van der Waals surface area contributed by atoms with Crippen LogP contribution in [0.2, 0.25) is 5.02 Å². The van der Waals surface area contributed by atoms with Crippen LogP contribution < -0.4 is 15.4 Å². The maximum absolute atomic E-state index is 13.4. The molecule has 0 spiro atoms. The fourth-order valence-electron chi connectivity index (χ4n) is 4.45. The monoisotopic (exact) mass is 429 g/mol. The molecule has 0 saturated heterocycles. The van der Waals surface area contributed by atoms with Crippen molar-refractivity contribution in [2.75, 3.05) is 6.61 Å². The van der Waals surface area contributed by atoms with Crippen LogP contribution in [0, 0.1) is 5.82 Å². The van der Waals surface area contributed by atoms with Crippen molar-refractivity contribution in [3.05, 3.63) is 59.0 Å². The van der Waals surface area contributed by atoms with Crippen LogP contribution in [-0.2, 0) is 4.79 Å². The summed E-state index contributed by atoms with van der Waals surface area (Å²) in [5.41, 5.74) is 0.164. The number of nitrogens with zero attached hydrogens (tertiary/aromatic N) is 1. The normalized spacial score (nSPS) is 23.9. The third kappa shape index (κ3) is 3.17. The van der Waals surface area contributed by atoms with Crippen LogP contribution >= 0.6 is 11.6 Å². The number of aromatic nitrogens is 1. The van der Waals surface area contributed by atoms with E-state index in [0.29, 0.717) is 30.2 Å². The fourth-order valence-corrected chi connectivity index (χ4v) is 4.57.